The van der Waals surface area contributed by atoms with Crippen LogP contribution in [0.2, 0.25) is 0 Å². The summed E-state index contributed by atoms with van der Waals surface area (Å²) >= 11 is 0. The molecule has 0 saturated heterocycles. The van der Waals surface area contributed by atoms with E-state index in [-0.39, 0.29) is 22.3 Å². The molecule has 9 rings (SSSR count). The molecule has 0 radical (unpaired) electrons. The Morgan fingerprint density at radius 1 is 0.422 bits per heavy atom. The fraction of sp³-hybridized carbons (Fsp3) is 0.0256. The average Bonchev–Trinajstić information content (AvgIpc) is 3.38. The largest absolute Gasteiger partial charge is 0.288 e. The minimum atomic E-state index is -0.602. The second kappa shape index (κ2) is 8.94. The third kappa shape index (κ3) is 3.17. The summed E-state index contributed by atoms with van der Waals surface area (Å²) < 4.78 is 0. The van der Waals surface area contributed by atoms with E-state index in [2.05, 4.69) is 66.0 Å². The van der Waals surface area contributed by atoms with E-state index < -0.39 is 29.0 Å². The summed E-state index contributed by atoms with van der Waals surface area (Å²) in [4.78, 5) is 54.3. The molecular formula is C39H22N2O4. The van der Waals surface area contributed by atoms with Gasteiger partial charge >= 0.3 is 0 Å². The molecule has 0 saturated carbocycles. The number of carbonyl (C=O) groups excluding carboxylic acids is 4. The third-order valence-corrected chi connectivity index (χ3v) is 9.46. The first-order valence-corrected chi connectivity index (χ1v) is 14.7. The van der Waals surface area contributed by atoms with Gasteiger partial charge in [-0.25, -0.2) is 4.90 Å². The molecule has 6 heteroatoms. The predicted molar refractivity (Wildman–Crippen MR) is 171 cm³/mol. The molecule has 212 valence electrons. The second-order valence-electron chi connectivity index (χ2n) is 11.6. The lowest BCUT2D eigenvalue weighted by Crippen LogP contribution is -2.42. The zero-order chi connectivity index (χ0) is 30.4. The maximum Gasteiger partial charge on any atom is 0.265 e. The van der Waals surface area contributed by atoms with Crippen molar-refractivity contribution >= 4 is 40.1 Å². The highest BCUT2D eigenvalue weighted by molar-refractivity contribution is 6.39. The van der Waals surface area contributed by atoms with Crippen LogP contribution in [0.15, 0.2) is 127 Å². The second-order valence-corrected chi connectivity index (χ2v) is 11.6. The molecule has 0 bridgehead atoms. The molecule has 0 fully saturated rings. The molecule has 6 aromatic carbocycles. The molecule has 3 aliphatic rings. The summed E-state index contributed by atoms with van der Waals surface area (Å²) in [7, 11) is 0. The van der Waals surface area contributed by atoms with Crippen molar-refractivity contribution in [3.05, 3.63) is 172 Å². The number of rotatable bonds is 3. The summed E-state index contributed by atoms with van der Waals surface area (Å²) in [6.07, 6.45) is 0. The number of fused-ring (bicyclic) bond motifs is 3. The van der Waals surface area contributed by atoms with Gasteiger partial charge in [0.2, 0.25) is 0 Å². The van der Waals surface area contributed by atoms with Gasteiger partial charge in [-0.15, -0.1) is 0 Å². The maximum atomic E-state index is 14.0. The van der Waals surface area contributed by atoms with Crippen molar-refractivity contribution in [2.45, 2.75) is 5.41 Å². The number of benzene rings is 6. The van der Waals surface area contributed by atoms with Gasteiger partial charge in [0.05, 0.1) is 11.1 Å². The Morgan fingerprint density at radius 2 is 0.867 bits per heavy atom. The van der Waals surface area contributed by atoms with Crippen molar-refractivity contribution in [2.75, 3.05) is 4.90 Å². The van der Waals surface area contributed by atoms with Crippen molar-refractivity contribution in [3.63, 3.8) is 0 Å². The highest BCUT2D eigenvalue weighted by Gasteiger charge is 2.46. The van der Waals surface area contributed by atoms with Gasteiger partial charge in [0.15, 0.2) is 0 Å². The highest BCUT2D eigenvalue weighted by Crippen LogP contribution is 2.56. The van der Waals surface area contributed by atoms with Crippen molar-refractivity contribution < 1.29 is 19.2 Å². The number of hydrogen-bond donors (Lipinski definition) is 1. The lowest BCUT2D eigenvalue weighted by molar-refractivity contribution is 0.0837. The molecule has 0 atom stereocenters. The van der Waals surface area contributed by atoms with E-state index in [1.54, 1.807) is 24.3 Å². The molecular weight excluding hydrogens is 560 g/mol. The van der Waals surface area contributed by atoms with Gasteiger partial charge in [-0.2, -0.15) is 0 Å². The summed E-state index contributed by atoms with van der Waals surface area (Å²) in [6, 6.07) is 41.2. The number of amides is 4. The topological polar surface area (TPSA) is 83.6 Å². The van der Waals surface area contributed by atoms with E-state index in [1.165, 1.54) is 27.2 Å². The van der Waals surface area contributed by atoms with E-state index in [0.717, 1.165) is 11.1 Å². The summed E-state index contributed by atoms with van der Waals surface area (Å²) in [5.41, 5.74) is 7.73. The normalized spacial score (nSPS) is 15.6. The van der Waals surface area contributed by atoms with E-state index in [1.807, 2.05) is 42.5 Å². The van der Waals surface area contributed by atoms with Gasteiger partial charge in [0.1, 0.15) is 0 Å². The Bertz CT molecular complexity index is 2210. The Labute approximate surface area is 257 Å². The van der Waals surface area contributed by atoms with Gasteiger partial charge in [-0.3, -0.25) is 24.5 Å². The third-order valence-electron chi connectivity index (χ3n) is 9.46. The molecule has 1 aliphatic carbocycles. The number of imide groups is 2. The van der Waals surface area contributed by atoms with Crippen molar-refractivity contribution in [1.82, 2.24) is 5.32 Å². The first-order chi connectivity index (χ1) is 22.0. The molecule has 2 aliphatic heterocycles. The molecule has 6 nitrogen and oxygen atoms in total. The smallest absolute Gasteiger partial charge is 0.265 e. The van der Waals surface area contributed by atoms with Crippen LogP contribution in [0.1, 0.15) is 63.7 Å². The lowest BCUT2D eigenvalue weighted by Gasteiger charge is -2.34. The summed E-state index contributed by atoms with van der Waals surface area (Å²) in [6.45, 7) is 0. The Hall–Kier alpha value is -6.14. The van der Waals surface area contributed by atoms with Gasteiger partial charge in [0, 0.05) is 33.0 Å². The van der Waals surface area contributed by atoms with E-state index in [4.69, 9.17) is 0 Å². The molecule has 0 aromatic heterocycles. The first kappa shape index (κ1) is 25.4. The molecule has 0 unspecified atom stereocenters. The lowest BCUT2D eigenvalue weighted by atomic mass is 9.67. The fourth-order valence-electron chi connectivity index (χ4n) is 7.61. The summed E-state index contributed by atoms with van der Waals surface area (Å²) in [5, 5.41) is 3.02. The zero-order valence-electron chi connectivity index (χ0n) is 23.7. The van der Waals surface area contributed by atoms with Crippen LogP contribution >= 0.6 is 0 Å². The Balaban J connectivity index is 1.21. The van der Waals surface area contributed by atoms with Crippen LogP contribution in [0.25, 0.3) is 21.9 Å². The van der Waals surface area contributed by atoms with E-state index in [9.17, 15) is 19.2 Å². The first-order valence-electron chi connectivity index (χ1n) is 14.7. The minimum absolute atomic E-state index is 0.270. The monoisotopic (exact) mass is 582 g/mol. The average molecular weight is 583 g/mol. The van der Waals surface area contributed by atoms with Crippen LogP contribution in [0, 0.1) is 0 Å². The summed E-state index contributed by atoms with van der Waals surface area (Å²) in [5.74, 6) is -2.10. The van der Waals surface area contributed by atoms with Crippen LogP contribution in [0.4, 0.5) is 5.69 Å². The van der Waals surface area contributed by atoms with Crippen molar-refractivity contribution in [3.8, 4) is 11.1 Å². The SMILES string of the molecule is O=C1NC(=O)c2ccc3c4c(ccc1c24)C(=O)N(c1ccc(C2(c4ccccc4)c4ccccc4-c4ccccc42)cc1)C3=O. The number of hydrogen-bond acceptors (Lipinski definition) is 4. The van der Waals surface area contributed by atoms with Gasteiger partial charge in [0.25, 0.3) is 23.6 Å². The fourth-order valence-corrected chi connectivity index (χ4v) is 7.61. The van der Waals surface area contributed by atoms with Gasteiger partial charge in [-0.05, 0) is 69.8 Å². The van der Waals surface area contributed by atoms with Gasteiger partial charge in [-0.1, -0.05) is 91.0 Å². The predicted octanol–water partition coefficient (Wildman–Crippen LogP) is 6.89. The molecule has 45 heavy (non-hydrogen) atoms. The Kier molecular flexibility index (Phi) is 5.04. The van der Waals surface area contributed by atoms with E-state index >= 15 is 0 Å². The Morgan fingerprint density at radius 3 is 1.42 bits per heavy atom. The van der Waals surface area contributed by atoms with Crippen molar-refractivity contribution in [2.24, 2.45) is 0 Å². The van der Waals surface area contributed by atoms with Crippen LogP contribution < -0.4 is 10.2 Å². The molecule has 2 heterocycles. The highest BCUT2D eigenvalue weighted by atomic mass is 16.2. The molecule has 0 spiro atoms. The number of anilines is 1. The van der Waals surface area contributed by atoms with E-state index in [0.29, 0.717) is 16.5 Å². The number of nitrogens with one attached hydrogen (secondary N) is 1. The quantitative estimate of drug-likeness (QED) is 0.230. The number of carbonyl (C=O) groups is 4. The van der Waals surface area contributed by atoms with Gasteiger partial charge < -0.3 is 0 Å². The standard InChI is InChI=1S/C39H22N2O4/c42-35-27-18-20-29-34-30(21-19-28(33(27)34)36(43)40-35)38(45)41(37(29)44)24-16-14-23(15-17-24)39(22-8-2-1-3-9-22)31-12-6-4-10-25(31)26-11-5-7-13-32(26)39/h1-21H,(H,40,42,43). The van der Waals surface area contributed by atoms with Crippen LogP contribution in [0.3, 0.4) is 0 Å². The maximum absolute atomic E-state index is 14.0. The number of nitrogens with zero attached hydrogens (tertiary/aromatic N) is 1. The van der Waals surface area contributed by atoms with Crippen LogP contribution in [-0.2, 0) is 5.41 Å². The van der Waals surface area contributed by atoms with Crippen LogP contribution in [0.5, 0.6) is 0 Å². The minimum Gasteiger partial charge on any atom is -0.288 e. The molecule has 1 N–H and O–H groups in total. The van der Waals surface area contributed by atoms with Crippen molar-refractivity contribution in [1.29, 1.82) is 0 Å². The molecule has 6 aromatic rings. The molecule has 4 amide bonds. The van der Waals surface area contributed by atoms with Crippen LogP contribution in [-0.4, -0.2) is 23.6 Å². The zero-order valence-corrected chi connectivity index (χ0v) is 23.7.